The lowest BCUT2D eigenvalue weighted by Gasteiger charge is -2.15. The molecule has 0 aliphatic carbocycles. The second-order valence-electron chi connectivity index (χ2n) is 5.46. The zero-order valence-electron chi connectivity index (χ0n) is 11.9. The number of aliphatic carboxylic acids is 1. The van der Waals surface area contributed by atoms with Gasteiger partial charge in [0.05, 0.1) is 5.69 Å². The van der Waals surface area contributed by atoms with E-state index in [2.05, 4.69) is 10.3 Å². The monoisotopic (exact) mass is 268 g/mol. The first kappa shape index (κ1) is 15.2. The highest BCUT2D eigenvalue weighted by Crippen LogP contribution is 2.26. The van der Waals surface area contributed by atoms with Crippen molar-refractivity contribution in [2.75, 3.05) is 0 Å². The molecular formula is C13H20N2O4. The van der Waals surface area contributed by atoms with Gasteiger partial charge in [0, 0.05) is 5.41 Å². The van der Waals surface area contributed by atoms with Gasteiger partial charge in [-0.1, -0.05) is 27.7 Å². The standard InChI is InChI=1S/C13H20N2O4/c1-6-8(12(17)18)15-10(16)11-14-7(2)9(19-11)13(3,4)5/h8H,6H2,1-5H3,(H,15,16)(H,17,18). The minimum atomic E-state index is -1.07. The van der Waals surface area contributed by atoms with E-state index < -0.39 is 17.9 Å². The molecule has 1 atom stereocenters. The van der Waals surface area contributed by atoms with Crippen LogP contribution in [0, 0.1) is 6.92 Å². The summed E-state index contributed by atoms with van der Waals surface area (Å²) in [5, 5.41) is 11.3. The molecule has 19 heavy (non-hydrogen) atoms. The number of oxazole rings is 1. The van der Waals surface area contributed by atoms with Crippen molar-refractivity contribution in [3.63, 3.8) is 0 Å². The summed E-state index contributed by atoms with van der Waals surface area (Å²) in [6.45, 7) is 9.30. The molecule has 106 valence electrons. The van der Waals surface area contributed by atoms with Crippen LogP contribution in [-0.2, 0) is 10.2 Å². The third kappa shape index (κ3) is 3.56. The number of nitrogens with zero attached hydrogens (tertiary/aromatic N) is 1. The van der Waals surface area contributed by atoms with Crippen LogP contribution in [0.4, 0.5) is 0 Å². The molecule has 0 bridgehead atoms. The second kappa shape index (κ2) is 5.42. The fraction of sp³-hybridized carbons (Fsp3) is 0.615. The summed E-state index contributed by atoms with van der Waals surface area (Å²) in [7, 11) is 0. The SMILES string of the molecule is CCC(NC(=O)c1nc(C)c(C(C)(C)C)o1)C(=O)O. The van der Waals surface area contributed by atoms with Gasteiger partial charge in [-0.3, -0.25) is 4.79 Å². The van der Waals surface area contributed by atoms with Crippen LogP contribution in [0.1, 0.15) is 56.3 Å². The summed E-state index contributed by atoms with van der Waals surface area (Å²) < 4.78 is 5.45. The molecule has 0 radical (unpaired) electrons. The third-order valence-corrected chi connectivity index (χ3v) is 2.68. The van der Waals surface area contributed by atoms with Crippen molar-refractivity contribution >= 4 is 11.9 Å². The molecule has 0 aliphatic heterocycles. The van der Waals surface area contributed by atoms with Crippen molar-refractivity contribution < 1.29 is 19.1 Å². The average Bonchev–Trinajstić information content (AvgIpc) is 2.67. The minimum absolute atomic E-state index is 0.0953. The number of hydrogen-bond acceptors (Lipinski definition) is 4. The molecule has 0 aliphatic rings. The predicted octanol–water partition coefficient (Wildman–Crippen LogP) is 1.87. The Labute approximate surface area is 112 Å². The second-order valence-corrected chi connectivity index (χ2v) is 5.46. The lowest BCUT2D eigenvalue weighted by molar-refractivity contribution is -0.139. The first-order valence-electron chi connectivity index (χ1n) is 6.18. The van der Waals surface area contributed by atoms with Gasteiger partial charge in [-0.05, 0) is 13.3 Å². The summed E-state index contributed by atoms with van der Waals surface area (Å²) in [4.78, 5) is 26.8. The number of hydrogen-bond donors (Lipinski definition) is 2. The summed E-state index contributed by atoms with van der Waals surface area (Å²) in [5.74, 6) is -1.15. The smallest absolute Gasteiger partial charge is 0.326 e. The van der Waals surface area contributed by atoms with Crippen LogP contribution in [-0.4, -0.2) is 28.0 Å². The Hall–Kier alpha value is -1.85. The maximum Gasteiger partial charge on any atom is 0.326 e. The maximum absolute atomic E-state index is 11.9. The lowest BCUT2D eigenvalue weighted by atomic mass is 9.92. The number of rotatable bonds is 4. The number of aromatic nitrogens is 1. The molecule has 1 aromatic heterocycles. The highest BCUT2D eigenvalue weighted by molar-refractivity contribution is 5.92. The molecule has 1 rings (SSSR count). The van der Waals surface area contributed by atoms with Gasteiger partial charge >= 0.3 is 11.9 Å². The van der Waals surface area contributed by atoms with Gasteiger partial charge in [0.15, 0.2) is 0 Å². The number of carbonyl (C=O) groups excluding carboxylic acids is 1. The molecule has 6 heteroatoms. The average molecular weight is 268 g/mol. The first-order valence-corrected chi connectivity index (χ1v) is 6.18. The van der Waals surface area contributed by atoms with E-state index in [4.69, 9.17) is 9.52 Å². The molecule has 0 saturated heterocycles. The van der Waals surface area contributed by atoms with E-state index in [9.17, 15) is 9.59 Å². The minimum Gasteiger partial charge on any atom is -0.480 e. The van der Waals surface area contributed by atoms with E-state index in [1.807, 2.05) is 20.8 Å². The zero-order valence-corrected chi connectivity index (χ0v) is 11.9. The topological polar surface area (TPSA) is 92.4 Å². The molecule has 1 aromatic rings. The van der Waals surface area contributed by atoms with Gasteiger partial charge in [0.1, 0.15) is 11.8 Å². The van der Waals surface area contributed by atoms with E-state index in [1.54, 1.807) is 13.8 Å². The highest BCUT2D eigenvalue weighted by atomic mass is 16.4. The Bertz CT molecular complexity index is 485. The quantitative estimate of drug-likeness (QED) is 0.869. The number of nitrogens with one attached hydrogen (secondary N) is 1. The molecule has 0 fully saturated rings. The lowest BCUT2D eigenvalue weighted by Crippen LogP contribution is -2.40. The van der Waals surface area contributed by atoms with Crippen LogP contribution in [0.2, 0.25) is 0 Å². The van der Waals surface area contributed by atoms with E-state index >= 15 is 0 Å². The highest BCUT2D eigenvalue weighted by Gasteiger charge is 2.27. The van der Waals surface area contributed by atoms with Crippen molar-refractivity contribution in [1.29, 1.82) is 0 Å². The van der Waals surface area contributed by atoms with Crippen LogP contribution in [0.25, 0.3) is 0 Å². The summed E-state index contributed by atoms with van der Waals surface area (Å²) in [5.41, 5.74) is 0.382. The molecule has 2 N–H and O–H groups in total. The van der Waals surface area contributed by atoms with E-state index in [1.165, 1.54) is 0 Å². The fourth-order valence-electron chi connectivity index (χ4n) is 1.75. The van der Waals surface area contributed by atoms with E-state index in [-0.39, 0.29) is 11.3 Å². The molecule has 0 spiro atoms. The Balaban J connectivity index is 2.93. The van der Waals surface area contributed by atoms with E-state index in [0.717, 1.165) is 0 Å². The molecule has 1 heterocycles. The normalized spacial score (nSPS) is 13.1. The fourth-order valence-corrected chi connectivity index (χ4v) is 1.75. The number of aryl methyl sites for hydroxylation is 1. The number of amides is 1. The van der Waals surface area contributed by atoms with Crippen molar-refractivity contribution in [3.8, 4) is 0 Å². The predicted molar refractivity (Wildman–Crippen MR) is 69.1 cm³/mol. The van der Waals surface area contributed by atoms with Crippen LogP contribution in [0.3, 0.4) is 0 Å². The molecule has 1 amide bonds. The maximum atomic E-state index is 11.9. The Kier molecular flexibility index (Phi) is 4.34. The molecule has 6 nitrogen and oxygen atoms in total. The largest absolute Gasteiger partial charge is 0.480 e. The molecule has 1 unspecified atom stereocenters. The third-order valence-electron chi connectivity index (χ3n) is 2.68. The van der Waals surface area contributed by atoms with Crippen molar-refractivity contribution in [2.24, 2.45) is 0 Å². The number of carbonyl (C=O) groups is 2. The molecule has 0 saturated carbocycles. The van der Waals surface area contributed by atoms with Crippen LogP contribution < -0.4 is 5.32 Å². The van der Waals surface area contributed by atoms with Crippen LogP contribution in [0.5, 0.6) is 0 Å². The van der Waals surface area contributed by atoms with Crippen LogP contribution in [0.15, 0.2) is 4.42 Å². The van der Waals surface area contributed by atoms with Gasteiger partial charge < -0.3 is 14.8 Å². The Morgan fingerprint density at radius 1 is 1.42 bits per heavy atom. The van der Waals surface area contributed by atoms with Gasteiger partial charge in [0.25, 0.3) is 5.89 Å². The van der Waals surface area contributed by atoms with Crippen molar-refractivity contribution in [1.82, 2.24) is 10.3 Å². The molecule has 0 aromatic carbocycles. The van der Waals surface area contributed by atoms with Gasteiger partial charge in [0.2, 0.25) is 0 Å². The summed E-state index contributed by atoms with van der Waals surface area (Å²) in [6, 6.07) is -0.933. The van der Waals surface area contributed by atoms with E-state index in [0.29, 0.717) is 17.9 Å². The Morgan fingerprint density at radius 2 is 2.00 bits per heavy atom. The van der Waals surface area contributed by atoms with Crippen molar-refractivity contribution in [3.05, 3.63) is 17.3 Å². The van der Waals surface area contributed by atoms with Crippen LogP contribution >= 0.6 is 0 Å². The summed E-state index contributed by atoms with van der Waals surface area (Å²) >= 11 is 0. The Morgan fingerprint density at radius 3 is 2.37 bits per heavy atom. The number of carboxylic acid groups (broad SMARTS) is 1. The number of carboxylic acids is 1. The van der Waals surface area contributed by atoms with Gasteiger partial charge in [-0.15, -0.1) is 0 Å². The van der Waals surface area contributed by atoms with Gasteiger partial charge in [-0.2, -0.15) is 0 Å². The first-order chi connectivity index (χ1) is 8.66. The zero-order chi connectivity index (χ0) is 14.8. The van der Waals surface area contributed by atoms with Gasteiger partial charge in [-0.25, -0.2) is 9.78 Å². The summed E-state index contributed by atoms with van der Waals surface area (Å²) in [6.07, 6.45) is 0.299. The van der Waals surface area contributed by atoms with Crippen molar-refractivity contribution in [2.45, 2.75) is 52.5 Å². The molecular weight excluding hydrogens is 248 g/mol.